The second-order valence-electron chi connectivity index (χ2n) is 6.54. The number of aromatic nitrogens is 4. The number of hydrogen-bond acceptors (Lipinski definition) is 4. The molecule has 0 atom stereocenters. The van der Waals surface area contributed by atoms with Crippen molar-refractivity contribution in [3.63, 3.8) is 0 Å². The van der Waals surface area contributed by atoms with E-state index in [4.69, 9.17) is 0 Å². The number of nitrogens with one attached hydrogen (secondary N) is 1. The van der Waals surface area contributed by atoms with Crippen LogP contribution in [0.4, 0.5) is 0 Å². The van der Waals surface area contributed by atoms with Crippen molar-refractivity contribution in [2.75, 3.05) is 0 Å². The molecule has 6 nitrogen and oxygen atoms in total. The zero-order valence-electron chi connectivity index (χ0n) is 15.8. The number of H-pyrrole nitrogens is 1. The normalized spacial score (nSPS) is 11.4. The van der Waals surface area contributed by atoms with Crippen molar-refractivity contribution in [2.24, 2.45) is 0 Å². The fourth-order valence-corrected chi connectivity index (χ4v) is 5.23. The lowest BCUT2D eigenvalue weighted by atomic mass is 10.2. The van der Waals surface area contributed by atoms with Gasteiger partial charge in [0.15, 0.2) is 0 Å². The maximum Gasteiger partial charge on any atom is 0.268 e. The van der Waals surface area contributed by atoms with Gasteiger partial charge in [-0.3, -0.25) is 9.97 Å². The lowest BCUT2D eigenvalue weighted by Gasteiger charge is -2.07. The molecule has 5 rings (SSSR count). The Morgan fingerprint density at radius 2 is 1.53 bits per heavy atom. The largest absolute Gasteiger partial charge is 0.360 e. The number of fused-ring (bicyclic) bond motifs is 2. The zero-order valence-corrected chi connectivity index (χ0v) is 19.7. The minimum Gasteiger partial charge on any atom is -0.360 e. The molecule has 0 saturated carbocycles. The number of hydrogen-bond donors (Lipinski definition) is 1. The summed E-state index contributed by atoms with van der Waals surface area (Å²) >= 11 is 6.77. The molecule has 152 valence electrons. The van der Waals surface area contributed by atoms with Crippen LogP contribution in [0.3, 0.4) is 0 Å². The second-order valence-corrected chi connectivity index (χ2v) is 10.1. The summed E-state index contributed by atoms with van der Waals surface area (Å²) < 4.78 is 28.4. The monoisotopic (exact) mass is 546 g/mol. The van der Waals surface area contributed by atoms with Crippen LogP contribution >= 0.6 is 31.9 Å². The van der Waals surface area contributed by atoms with Gasteiger partial charge >= 0.3 is 0 Å². The third-order valence-corrected chi connectivity index (χ3v) is 7.51. The summed E-state index contributed by atoms with van der Waals surface area (Å²) in [5.41, 5.74) is 2.64. The highest BCUT2D eigenvalue weighted by Gasteiger charge is 2.19. The molecular formula is C21H16Br2N4O2S. The van der Waals surface area contributed by atoms with E-state index in [0.717, 1.165) is 25.4 Å². The Kier molecular flexibility index (Phi) is 5.77. The first-order chi connectivity index (χ1) is 14.4. The van der Waals surface area contributed by atoms with Crippen molar-refractivity contribution in [3.05, 3.63) is 88.1 Å². The molecule has 30 heavy (non-hydrogen) atoms. The Morgan fingerprint density at radius 1 is 0.867 bits per heavy atom. The Bertz CT molecular complexity index is 1440. The minimum atomic E-state index is -3.60. The van der Waals surface area contributed by atoms with E-state index in [-0.39, 0.29) is 4.90 Å². The lowest BCUT2D eigenvalue weighted by Crippen LogP contribution is -2.11. The molecule has 0 saturated heterocycles. The summed E-state index contributed by atoms with van der Waals surface area (Å²) in [5, 5.41) is 1.99. The maximum atomic E-state index is 12.7. The van der Waals surface area contributed by atoms with E-state index >= 15 is 0 Å². The van der Waals surface area contributed by atoms with Gasteiger partial charge in [-0.2, -0.15) is 0 Å². The van der Waals surface area contributed by atoms with E-state index in [1.54, 1.807) is 61.3 Å². The van der Waals surface area contributed by atoms with Gasteiger partial charge in [0.05, 0.1) is 28.3 Å². The highest BCUT2D eigenvalue weighted by molar-refractivity contribution is 9.11. The predicted molar refractivity (Wildman–Crippen MR) is 125 cm³/mol. The van der Waals surface area contributed by atoms with Gasteiger partial charge in [-0.1, -0.05) is 17.7 Å². The Morgan fingerprint density at radius 3 is 2.23 bits per heavy atom. The smallest absolute Gasteiger partial charge is 0.268 e. The van der Waals surface area contributed by atoms with Crippen LogP contribution in [0.5, 0.6) is 0 Å². The second kappa shape index (κ2) is 8.33. The summed E-state index contributed by atoms with van der Waals surface area (Å²) in [5.74, 6) is 0. The van der Waals surface area contributed by atoms with Gasteiger partial charge in [-0.05, 0) is 63.0 Å². The molecule has 0 aliphatic carbocycles. The molecule has 5 aromatic rings. The number of aryl methyl sites for hydroxylation is 1. The number of halogens is 2. The van der Waals surface area contributed by atoms with Crippen LogP contribution in [0, 0.1) is 6.92 Å². The topological polar surface area (TPSA) is 80.6 Å². The average Bonchev–Trinajstić information content (AvgIpc) is 3.37. The molecule has 0 spiro atoms. The molecule has 0 bridgehead atoms. The Hall–Kier alpha value is -2.49. The van der Waals surface area contributed by atoms with Crippen molar-refractivity contribution in [2.45, 2.75) is 11.8 Å². The zero-order chi connectivity index (χ0) is 21.3. The van der Waals surface area contributed by atoms with Gasteiger partial charge in [0.2, 0.25) is 0 Å². The van der Waals surface area contributed by atoms with E-state index in [2.05, 4.69) is 46.8 Å². The summed E-state index contributed by atoms with van der Waals surface area (Å²) in [6.45, 7) is 1.92. The van der Waals surface area contributed by atoms with Crippen molar-refractivity contribution in [1.29, 1.82) is 0 Å². The van der Waals surface area contributed by atoms with E-state index in [0.29, 0.717) is 5.52 Å². The number of pyridine rings is 2. The molecule has 1 aromatic carbocycles. The van der Waals surface area contributed by atoms with Gasteiger partial charge in [0.25, 0.3) is 10.0 Å². The third kappa shape index (κ3) is 3.92. The van der Waals surface area contributed by atoms with Gasteiger partial charge < -0.3 is 4.98 Å². The molecule has 9 heteroatoms. The quantitative estimate of drug-likeness (QED) is 0.309. The fourth-order valence-electron chi connectivity index (χ4n) is 2.98. The first-order valence-electron chi connectivity index (χ1n) is 8.87. The summed E-state index contributed by atoms with van der Waals surface area (Å²) in [6.07, 6.45) is 10.2. The molecule has 0 fully saturated rings. The minimum absolute atomic E-state index is 0.264. The molecule has 0 aliphatic heterocycles. The van der Waals surface area contributed by atoms with Crippen LogP contribution in [-0.2, 0) is 10.0 Å². The van der Waals surface area contributed by atoms with Crippen LogP contribution in [-0.4, -0.2) is 27.3 Å². The molecule has 0 unspecified atom stereocenters. The van der Waals surface area contributed by atoms with Crippen LogP contribution in [0.25, 0.3) is 21.8 Å². The number of benzene rings is 1. The number of rotatable bonds is 2. The molecule has 1 N–H and O–H groups in total. The predicted octanol–water partition coefficient (Wildman–Crippen LogP) is 5.67. The molecule has 0 amide bonds. The highest BCUT2D eigenvalue weighted by atomic mass is 79.9. The SMILES string of the molecule is Brc1cncc2[nH]ccc12.Cc1ccc(S(=O)(=O)n2ccc3c(Br)cncc32)cc1. The van der Waals surface area contributed by atoms with E-state index < -0.39 is 10.0 Å². The van der Waals surface area contributed by atoms with E-state index in [1.807, 2.05) is 19.2 Å². The molecule has 0 aliphatic rings. The van der Waals surface area contributed by atoms with Gasteiger partial charge in [0, 0.05) is 44.5 Å². The van der Waals surface area contributed by atoms with E-state index in [1.165, 1.54) is 9.36 Å². The summed E-state index contributed by atoms with van der Waals surface area (Å²) in [6, 6.07) is 10.6. The lowest BCUT2D eigenvalue weighted by molar-refractivity contribution is 0.589. The standard InChI is InChI=1S/C14H11BrN2O2S.C7H5BrN2/c1-10-2-4-11(5-3-10)20(18,19)17-7-6-12-13(15)8-16-9-14(12)17;8-6-3-9-4-7-5(6)1-2-10-7/h2-9H,1H3;1-4,10H. The summed E-state index contributed by atoms with van der Waals surface area (Å²) in [4.78, 5) is 11.4. The van der Waals surface area contributed by atoms with E-state index in [9.17, 15) is 8.42 Å². The van der Waals surface area contributed by atoms with Crippen LogP contribution in [0.15, 0.2) is 87.4 Å². The fraction of sp³-hybridized carbons (Fsp3) is 0.0476. The molecule has 0 radical (unpaired) electrons. The Balaban J connectivity index is 0.000000181. The number of aromatic amines is 1. The third-order valence-electron chi connectivity index (χ3n) is 4.54. The highest BCUT2D eigenvalue weighted by Crippen LogP contribution is 2.26. The first kappa shape index (κ1) is 20.8. The average molecular weight is 548 g/mol. The van der Waals surface area contributed by atoms with Gasteiger partial charge in [-0.25, -0.2) is 12.4 Å². The molecule has 4 heterocycles. The summed E-state index contributed by atoms with van der Waals surface area (Å²) in [7, 11) is -3.60. The molecule has 4 aromatic heterocycles. The maximum absolute atomic E-state index is 12.7. The number of nitrogens with zero attached hydrogens (tertiary/aromatic N) is 3. The van der Waals surface area contributed by atoms with Gasteiger partial charge in [-0.15, -0.1) is 0 Å². The van der Waals surface area contributed by atoms with Gasteiger partial charge in [0.1, 0.15) is 0 Å². The molecular weight excluding hydrogens is 532 g/mol. The van der Waals surface area contributed by atoms with Crippen LogP contribution in [0.2, 0.25) is 0 Å². The van der Waals surface area contributed by atoms with Crippen LogP contribution in [0.1, 0.15) is 5.56 Å². The van der Waals surface area contributed by atoms with Crippen molar-refractivity contribution < 1.29 is 8.42 Å². The van der Waals surface area contributed by atoms with Crippen molar-refractivity contribution >= 4 is 63.7 Å². The van der Waals surface area contributed by atoms with Crippen molar-refractivity contribution in [3.8, 4) is 0 Å². The van der Waals surface area contributed by atoms with Crippen molar-refractivity contribution in [1.82, 2.24) is 18.9 Å². The van der Waals surface area contributed by atoms with Crippen LogP contribution < -0.4 is 0 Å². The first-order valence-corrected chi connectivity index (χ1v) is 11.9. The Labute approximate surface area is 190 Å².